The molecule has 0 N–H and O–H groups in total. The summed E-state index contributed by atoms with van der Waals surface area (Å²) in [6.07, 6.45) is 3.46. The molecular formula is C14H22BBrLiNO3. The van der Waals surface area contributed by atoms with Crippen molar-refractivity contribution in [3.63, 3.8) is 0 Å². The molecule has 7 heteroatoms. The van der Waals surface area contributed by atoms with Gasteiger partial charge in [-0.25, -0.2) is 0 Å². The molecule has 0 unspecified atom stereocenters. The Kier molecular flexibility index (Phi) is 5.81. The standard InChI is InChI=1S/C14H22BBrNO3.Li/c1-10(2)18-15(11-7-12(16)9-17-8-11)19-13(3,4)14(5,6)20-15;/h7-10H,1-6H3;/q-1;+1. The quantitative estimate of drug-likeness (QED) is 0.722. The Labute approximate surface area is 147 Å². The Morgan fingerprint density at radius 2 is 1.67 bits per heavy atom. The molecule has 0 atom stereocenters. The fourth-order valence-corrected chi connectivity index (χ4v) is 2.72. The molecule has 0 amide bonds. The summed E-state index contributed by atoms with van der Waals surface area (Å²) >= 11 is 3.44. The van der Waals surface area contributed by atoms with Crippen molar-refractivity contribution in [2.24, 2.45) is 0 Å². The maximum absolute atomic E-state index is 6.26. The van der Waals surface area contributed by atoms with E-state index in [1.807, 2.05) is 47.6 Å². The van der Waals surface area contributed by atoms with E-state index in [1.165, 1.54) is 0 Å². The number of hydrogen-bond acceptors (Lipinski definition) is 4. The minimum atomic E-state index is -2.01. The third-order valence-electron chi connectivity index (χ3n) is 3.94. The van der Waals surface area contributed by atoms with E-state index in [1.54, 1.807) is 12.4 Å². The fraction of sp³-hybridized carbons (Fsp3) is 0.643. The molecule has 0 bridgehead atoms. The number of pyridine rings is 1. The van der Waals surface area contributed by atoms with Crippen LogP contribution in [-0.2, 0) is 14.0 Å². The molecule has 1 aromatic rings. The van der Waals surface area contributed by atoms with Crippen LogP contribution >= 0.6 is 15.9 Å². The van der Waals surface area contributed by atoms with Crippen molar-refractivity contribution >= 4 is 28.1 Å². The second kappa shape index (κ2) is 6.35. The Morgan fingerprint density at radius 3 is 2.10 bits per heavy atom. The number of hydrogen-bond donors (Lipinski definition) is 0. The first-order valence-corrected chi connectivity index (χ1v) is 7.70. The van der Waals surface area contributed by atoms with Gasteiger partial charge in [0, 0.05) is 28.0 Å². The summed E-state index contributed by atoms with van der Waals surface area (Å²) in [4.78, 5) is 4.21. The van der Waals surface area contributed by atoms with E-state index < -0.39 is 18.0 Å². The van der Waals surface area contributed by atoms with Gasteiger partial charge in [-0.15, -0.1) is 5.46 Å². The van der Waals surface area contributed by atoms with Crippen molar-refractivity contribution in [3.05, 3.63) is 22.9 Å². The smallest absolute Gasteiger partial charge is 0.538 e. The van der Waals surface area contributed by atoms with Crippen molar-refractivity contribution in [1.29, 1.82) is 0 Å². The zero-order valence-electron chi connectivity index (χ0n) is 13.9. The van der Waals surface area contributed by atoms with Gasteiger partial charge in [0.1, 0.15) is 0 Å². The maximum Gasteiger partial charge on any atom is 1.00 e. The van der Waals surface area contributed by atoms with Crippen LogP contribution in [0.3, 0.4) is 0 Å². The van der Waals surface area contributed by atoms with Gasteiger partial charge in [0.25, 0.3) is 0 Å². The molecule has 1 aromatic heterocycles. The molecule has 0 radical (unpaired) electrons. The van der Waals surface area contributed by atoms with Gasteiger partial charge in [0.05, 0.1) is 0 Å². The normalized spacial score (nSPS) is 22.1. The Morgan fingerprint density at radius 1 is 1.14 bits per heavy atom. The summed E-state index contributed by atoms with van der Waals surface area (Å²) in [7, 11) is 0. The van der Waals surface area contributed by atoms with Gasteiger partial charge in [-0.1, -0.05) is 6.07 Å². The van der Waals surface area contributed by atoms with Crippen molar-refractivity contribution in [2.75, 3.05) is 0 Å². The van der Waals surface area contributed by atoms with E-state index in [-0.39, 0.29) is 25.0 Å². The average Bonchev–Trinajstić information content (AvgIpc) is 2.44. The third-order valence-corrected chi connectivity index (χ3v) is 4.37. The van der Waals surface area contributed by atoms with E-state index in [0.29, 0.717) is 0 Å². The van der Waals surface area contributed by atoms with E-state index in [0.717, 1.165) is 9.94 Å². The molecule has 21 heavy (non-hydrogen) atoms. The summed E-state index contributed by atoms with van der Waals surface area (Å²) in [6, 6.07) is 1.94. The van der Waals surface area contributed by atoms with Crippen LogP contribution in [0.15, 0.2) is 22.9 Å². The van der Waals surface area contributed by atoms with Gasteiger partial charge >= 0.3 is 25.6 Å². The largest absolute Gasteiger partial charge is 1.00 e. The predicted octanol–water partition coefficient (Wildman–Crippen LogP) is 0.0230. The van der Waals surface area contributed by atoms with Crippen LogP contribution in [0, 0.1) is 0 Å². The van der Waals surface area contributed by atoms with Crippen LogP contribution in [-0.4, -0.2) is 29.0 Å². The fourth-order valence-electron chi connectivity index (χ4n) is 2.33. The van der Waals surface area contributed by atoms with Gasteiger partial charge in [-0.05, 0) is 63.7 Å². The second-order valence-corrected chi connectivity index (χ2v) is 7.44. The van der Waals surface area contributed by atoms with Gasteiger partial charge in [0.15, 0.2) is 0 Å². The summed E-state index contributed by atoms with van der Waals surface area (Å²) < 4.78 is 19.5. The topological polar surface area (TPSA) is 40.6 Å². The first-order chi connectivity index (χ1) is 9.08. The minimum Gasteiger partial charge on any atom is -0.538 e. The zero-order chi connectivity index (χ0) is 15.2. The summed E-state index contributed by atoms with van der Waals surface area (Å²) in [6.45, 7) is 10.0. The number of nitrogens with zero attached hydrogens (tertiary/aromatic N) is 1. The predicted molar refractivity (Wildman–Crippen MR) is 83.9 cm³/mol. The number of rotatable bonds is 3. The van der Waals surface area contributed by atoms with E-state index in [2.05, 4.69) is 20.9 Å². The first-order valence-electron chi connectivity index (χ1n) is 6.90. The van der Waals surface area contributed by atoms with Crippen LogP contribution in [0.25, 0.3) is 0 Å². The van der Waals surface area contributed by atoms with Gasteiger partial charge in [-0.2, -0.15) is 0 Å². The Bertz CT molecular complexity index is 495. The molecule has 1 aliphatic rings. The molecule has 2 rings (SSSR count). The third kappa shape index (κ3) is 3.75. The number of halogens is 1. The first kappa shape index (κ1) is 19.2. The molecule has 4 nitrogen and oxygen atoms in total. The van der Waals surface area contributed by atoms with Crippen LogP contribution in [0.4, 0.5) is 0 Å². The molecular weight excluding hydrogens is 328 g/mol. The van der Waals surface area contributed by atoms with Gasteiger partial charge < -0.3 is 14.0 Å². The van der Waals surface area contributed by atoms with Crippen LogP contribution < -0.4 is 24.3 Å². The molecule has 2 heterocycles. The molecule has 0 spiro atoms. The van der Waals surface area contributed by atoms with Gasteiger partial charge in [-0.3, -0.25) is 4.98 Å². The molecule has 0 aliphatic carbocycles. The molecule has 1 saturated heterocycles. The molecule has 1 fully saturated rings. The van der Waals surface area contributed by atoms with E-state index in [9.17, 15) is 0 Å². The maximum atomic E-state index is 6.26. The van der Waals surface area contributed by atoms with E-state index in [4.69, 9.17) is 14.0 Å². The van der Waals surface area contributed by atoms with Crippen molar-refractivity contribution in [3.8, 4) is 0 Å². The molecule has 1 aliphatic heterocycles. The Balaban J connectivity index is 0.00000220. The van der Waals surface area contributed by atoms with Gasteiger partial charge in [0.2, 0.25) is 0 Å². The average molecular weight is 350 g/mol. The minimum absolute atomic E-state index is 0. The molecule has 112 valence electrons. The summed E-state index contributed by atoms with van der Waals surface area (Å²) in [5.41, 5.74) is -0.0965. The molecule has 0 saturated carbocycles. The number of aromatic nitrogens is 1. The molecule has 0 aromatic carbocycles. The SMILES string of the molecule is CC(C)O[B-]1(c2cncc(Br)c2)OC(C)(C)C(C)(C)O1.[Li+]. The van der Waals surface area contributed by atoms with Crippen LogP contribution in [0.1, 0.15) is 41.5 Å². The van der Waals surface area contributed by atoms with Crippen molar-refractivity contribution in [2.45, 2.75) is 58.8 Å². The van der Waals surface area contributed by atoms with Crippen molar-refractivity contribution in [1.82, 2.24) is 4.98 Å². The summed E-state index contributed by atoms with van der Waals surface area (Å²) in [5.74, 6) is 0. The second-order valence-electron chi connectivity index (χ2n) is 6.52. The van der Waals surface area contributed by atoms with Crippen LogP contribution in [0.2, 0.25) is 0 Å². The monoisotopic (exact) mass is 349 g/mol. The Hall–Kier alpha value is 0.172. The van der Waals surface area contributed by atoms with Crippen LogP contribution in [0.5, 0.6) is 0 Å². The van der Waals surface area contributed by atoms with E-state index >= 15 is 0 Å². The zero-order valence-corrected chi connectivity index (χ0v) is 15.5. The van der Waals surface area contributed by atoms with Crippen molar-refractivity contribution < 1.29 is 32.8 Å². The summed E-state index contributed by atoms with van der Waals surface area (Å²) in [5, 5.41) is 0.